The van der Waals surface area contributed by atoms with Crippen molar-refractivity contribution >= 4 is 6.03 Å². The van der Waals surface area contributed by atoms with Crippen molar-refractivity contribution in [1.82, 2.24) is 10.2 Å². The molecule has 0 spiro atoms. The maximum Gasteiger partial charge on any atom is 0.317 e. The van der Waals surface area contributed by atoms with Crippen LogP contribution in [0.3, 0.4) is 0 Å². The monoisotopic (exact) mass is 170 g/mol. The third kappa shape index (κ3) is 1.90. The number of carbonyl (C=O) groups excluding carboxylic acids is 1. The van der Waals surface area contributed by atoms with Crippen LogP contribution in [0.2, 0.25) is 0 Å². The molecule has 0 aromatic heterocycles. The summed E-state index contributed by atoms with van der Waals surface area (Å²) in [5.41, 5.74) is 0. The van der Waals surface area contributed by atoms with Crippen LogP contribution in [0.1, 0.15) is 33.1 Å². The molecular formula is C9H18N2O. The normalized spacial score (nSPS) is 18.2. The third-order valence-electron chi connectivity index (χ3n) is 2.50. The SMILES string of the molecule is CCC(CC)N1CCCNC1=O. The number of amides is 2. The smallest absolute Gasteiger partial charge is 0.317 e. The van der Waals surface area contributed by atoms with E-state index in [4.69, 9.17) is 0 Å². The fourth-order valence-electron chi connectivity index (χ4n) is 1.73. The van der Waals surface area contributed by atoms with Gasteiger partial charge in [-0.3, -0.25) is 0 Å². The number of carbonyl (C=O) groups is 1. The Kier molecular flexibility index (Phi) is 3.38. The molecule has 0 aliphatic carbocycles. The minimum atomic E-state index is 0.120. The molecule has 0 bridgehead atoms. The van der Waals surface area contributed by atoms with Crippen LogP contribution >= 0.6 is 0 Å². The lowest BCUT2D eigenvalue weighted by Gasteiger charge is -2.33. The number of nitrogens with one attached hydrogen (secondary N) is 1. The molecule has 1 saturated heterocycles. The second kappa shape index (κ2) is 4.33. The van der Waals surface area contributed by atoms with Crippen LogP contribution in [0.5, 0.6) is 0 Å². The lowest BCUT2D eigenvalue weighted by Crippen LogP contribution is -2.50. The summed E-state index contributed by atoms with van der Waals surface area (Å²) < 4.78 is 0. The predicted molar refractivity (Wildman–Crippen MR) is 49.1 cm³/mol. The molecule has 0 saturated carbocycles. The molecule has 1 aliphatic rings. The molecule has 0 unspecified atom stereocenters. The fraction of sp³-hybridized carbons (Fsp3) is 0.889. The summed E-state index contributed by atoms with van der Waals surface area (Å²) in [6.07, 6.45) is 3.20. The summed E-state index contributed by atoms with van der Waals surface area (Å²) in [5.74, 6) is 0. The summed E-state index contributed by atoms with van der Waals surface area (Å²) in [4.78, 5) is 13.3. The third-order valence-corrected chi connectivity index (χ3v) is 2.50. The highest BCUT2D eigenvalue weighted by Gasteiger charge is 2.22. The van der Waals surface area contributed by atoms with Crippen LogP contribution in [0.15, 0.2) is 0 Å². The topological polar surface area (TPSA) is 32.3 Å². The zero-order valence-electron chi connectivity index (χ0n) is 7.97. The van der Waals surface area contributed by atoms with Gasteiger partial charge in [-0.2, -0.15) is 0 Å². The van der Waals surface area contributed by atoms with Crippen LogP contribution in [-0.4, -0.2) is 30.1 Å². The van der Waals surface area contributed by atoms with Crippen molar-refractivity contribution < 1.29 is 4.79 Å². The Hall–Kier alpha value is -0.730. The van der Waals surface area contributed by atoms with Gasteiger partial charge in [0.05, 0.1) is 0 Å². The van der Waals surface area contributed by atoms with Crippen LogP contribution in [0.4, 0.5) is 4.79 Å². The molecule has 0 aromatic rings. The summed E-state index contributed by atoms with van der Waals surface area (Å²) in [5, 5.41) is 2.87. The fourth-order valence-corrected chi connectivity index (χ4v) is 1.73. The molecule has 1 heterocycles. The Morgan fingerprint density at radius 3 is 2.67 bits per heavy atom. The highest BCUT2D eigenvalue weighted by atomic mass is 16.2. The summed E-state index contributed by atoms with van der Waals surface area (Å²) in [6.45, 7) is 6.04. The van der Waals surface area contributed by atoms with Crippen molar-refractivity contribution in [3.63, 3.8) is 0 Å². The molecule has 70 valence electrons. The molecule has 3 heteroatoms. The van der Waals surface area contributed by atoms with E-state index in [0.29, 0.717) is 6.04 Å². The highest BCUT2D eigenvalue weighted by Crippen LogP contribution is 2.11. The van der Waals surface area contributed by atoms with E-state index >= 15 is 0 Å². The van der Waals surface area contributed by atoms with E-state index < -0.39 is 0 Å². The van der Waals surface area contributed by atoms with Crippen molar-refractivity contribution in [3.8, 4) is 0 Å². The van der Waals surface area contributed by atoms with Crippen LogP contribution < -0.4 is 5.32 Å². The lowest BCUT2D eigenvalue weighted by molar-refractivity contribution is 0.157. The van der Waals surface area contributed by atoms with Crippen LogP contribution in [-0.2, 0) is 0 Å². The Bertz CT molecular complexity index is 155. The maximum absolute atomic E-state index is 11.4. The van der Waals surface area contributed by atoms with Crippen molar-refractivity contribution in [2.24, 2.45) is 0 Å². The molecule has 0 aromatic carbocycles. The molecule has 0 radical (unpaired) electrons. The van der Waals surface area contributed by atoms with E-state index in [0.717, 1.165) is 32.4 Å². The molecule has 1 fully saturated rings. The average molecular weight is 170 g/mol. The van der Waals surface area contributed by atoms with Gasteiger partial charge in [0, 0.05) is 19.1 Å². The molecule has 1 rings (SSSR count). The zero-order chi connectivity index (χ0) is 8.97. The zero-order valence-corrected chi connectivity index (χ0v) is 7.97. The number of nitrogens with zero attached hydrogens (tertiary/aromatic N) is 1. The molecule has 3 nitrogen and oxygen atoms in total. The van der Waals surface area contributed by atoms with Gasteiger partial charge in [0.15, 0.2) is 0 Å². The second-order valence-electron chi connectivity index (χ2n) is 3.25. The first-order valence-electron chi connectivity index (χ1n) is 4.84. The number of urea groups is 1. The van der Waals surface area contributed by atoms with Crippen LogP contribution in [0, 0.1) is 0 Å². The first-order valence-corrected chi connectivity index (χ1v) is 4.84. The molecule has 2 amide bonds. The lowest BCUT2D eigenvalue weighted by atomic mass is 10.1. The maximum atomic E-state index is 11.4. The largest absolute Gasteiger partial charge is 0.338 e. The minimum absolute atomic E-state index is 0.120. The summed E-state index contributed by atoms with van der Waals surface area (Å²) in [6, 6.07) is 0.556. The van der Waals surface area contributed by atoms with Crippen molar-refractivity contribution in [2.75, 3.05) is 13.1 Å². The van der Waals surface area contributed by atoms with Gasteiger partial charge >= 0.3 is 6.03 Å². The van der Waals surface area contributed by atoms with E-state index in [1.54, 1.807) is 0 Å². The van der Waals surface area contributed by atoms with Gasteiger partial charge in [0.2, 0.25) is 0 Å². The number of rotatable bonds is 3. The highest BCUT2D eigenvalue weighted by molar-refractivity contribution is 5.75. The second-order valence-corrected chi connectivity index (χ2v) is 3.25. The van der Waals surface area contributed by atoms with E-state index in [-0.39, 0.29) is 6.03 Å². The van der Waals surface area contributed by atoms with Gasteiger partial charge in [-0.15, -0.1) is 0 Å². The van der Waals surface area contributed by atoms with Crippen molar-refractivity contribution in [2.45, 2.75) is 39.2 Å². The number of hydrogen-bond donors (Lipinski definition) is 1. The molecule has 1 aliphatic heterocycles. The Labute approximate surface area is 74.1 Å². The predicted octanol–water partition coefficient (Wildman–Crippen LogP) is 1.59. The summed E-state index contributed by atoms with van der Waals surface area (Å²) in [7, 11) is 0. The van der Waals surface area contributed by atoms with Gasteiger partial charge in [-0.05, 0) is 19.3 Å². The van der Waals surface area contributed by atoms with Crippen molar-refractivity contribution in [3.05, 3.63) is 0 Å². The van der Waals surface area contributed by atoms with Gasteiger partial charge in [0.25, 0.3) is 0 Å². The Morgan fingerprint density at radius 1 is 1.50 bits per heavy atom. The molecule has 12 heavy (non-hydrogen) atoms. The molecular weight excluding hydrogens is 152 g/mol. The van der Waals surface area contributed by atoms with E-state index in [1.807, 2.05) is 4.90 Å². The van der Waals surface area contributed by atoms with Gasteiger partial charge in [0.1, 0.15) is 0 Å². The standard InChI is InChI=1S/C9H18N2O/c1-3-8(4-2)11-7-5-6-10-9(11)12/h8H,3-7H2,1-2H3,(H,10,12). The quantitative estimate of drug-likeness (QED) is 0.685. The van der Waals surface area contributed by atoms with Gasteiger partial charge < -0.3 is 10.2 Å². The Morgan fingerprint density at radius 2 is 2.17 bits per heavy atom. The van der Waals surface area contributed by atoms with E-state index in [9.17, 15) is 4.79 Å². The first kappa shape index (κ1) is 9.36. The van der Waals surface area contributed by atoms with E-state index in [1.165, 1.54) is 0 Å². The Balaban J connectivity index is 2.51. The average Bonchev–Trinajstić information content (AvgIpc) is 2.10. The van der Waals surface area contributed by atoms with Crippen molar-refractivity contribution in [1.29, 1.82) is 0 Å². The minimum Gasteiger partial charge on any atom is -0.338 e. The summed E-state index contributed by atoms with van der Waals surface area (Å²) >= 11 is 0. The van der Waals surface area contributed by atoms with Gasteiger partial charge in [-0.1, -0.05) is 13.8 Å². The number of hydrogen-bond acceptors (Lipinski definition) is 1. The first-order chi connectivity index (χ1) is 5.79. The molecule has 1 N–H and O–H groups in total. The van der Waals surface area contributed by atoms with Crippen LogP contribution in [0.25, 0.3) is 0 Å². The van der Waals surface area contributed by atoms with Gasteiger partial charge in [-0.25, -0.2) is 4.79 Å². The van der Waals surface area contributed by atoms with E-state index in [2.05, 4.69) is 19.2 Å². The molecule has 0 atom stereocenters.